The van der Waals surface area contributed by atoms with E-state index in [1.165, 1.54) is 50.7 Å². The molecule has 108 valence electrons. The number of benzene rings is 1. The molecule has 0 saturated heterocycles. The number of rotatable bonds is 10. The van der Waals surface area contributed by atoms with E-state index in [1.54, 1.807) is 13.2 Å². The molecule has 0 saturated carbocycles. The van der Waals surface area contributed by atoms with E-state index >= 15 is 0 Å². The number of unbranched alkanes of at least 4 members (excludes halogenated alkanes) is 6. The first-order valence-corrected chi connectivity index (χ1v) is 7.35. The highest BCUT2D eigenvalue weighted by atomic mass is 19.1. The average molecular weight is 267 g/mol. The fourth-order valence-electron chi connectivity index (χ4n) is 2.12. The molecule has 1 aromatic rings. The summed E-state index contributed by atoms with van der Waals surface area (Å²) in [4.78, 5) is 0. The van der Waals surface area contributed by atoms with Gasteiger partial charge in [-0.1, -0.05) is 45.4 Å². The molecule has 0 amide bonds. The standard InChI is InChI=1S/C16H26FNO/c1-3-4-5-6-7-8-9-12-18-15-11-10-14(17)13-16(15)19-2/h10-11,13,18H,3-9,12H2,1-2H3. The van der Waals surface area contributed by atoms with Crippen LogP contribution in [0.1, 0.15) is 51.9 Å². The quantitative estimate of drug-likeness (QED) is 0.602. The number of methoxy groups -OCH3 is 1. The maximum atomic E-state index is 13.0. The van der Waals surface area contributed by atoms with Gasteiger partial charge >= 0.3 is 0 Å². The van der Waals surface area contributed by atoms with Crippen molar-refractivity contribution in [3.63, 3.8) is 0 Å². The van der Waals surface area contributed by atoms with Gasteiger partial charge in [0.15, 0.2) is 0 Å². The average Bonchev–Trinajstić information content (AvgIpc) is 2.43. The predicted molar refractivity (Wildman–Crippen MR) is 79.4 cm³/mol. The van der Waals surface area contributed by atoms with Crippen LogP contribution in [0.4, 0.5) is 10.1 Å². The summed E-state index contributed by atoms with van der Waals surface area (Å²) in [6, 6.07) is 4.60. The fraction of sp³-hybridized carbons (Fsp3) is 0.625. The molecule has 3 heteroatoms. The van der Waals surface area contributed by atoms with Gasteiger partial charge in [-0.25, -0.2) is 4.39 Å². The van der Waals surface area contributed by atoms with Gasteiger partial charge < -0.3 is 10.1 Å². The highest BCUT2D eigenvalue weighted by Crippen LogP contribution is 2.24. The second-order valence-corrected chi connectivity index (χ2v) is 4.89. The summed E-state index contributed by atoms with van der Waals surface area (Å²) in [6.07, 6.45) is 9.05. The molecule has 0 aliphatic rings. The number of halogens is 1. The molecular formula is C16H26FNO. The van der Waals surface area contributed by atoms with E-state index in [9.17, 15) is 4.39 Å². The van der Waals surface area contributed by atoms with E-state index in [1.807, 2.05) is 0 Å². The maximum absolute atomic E-state index is 13.0. The Morgan fingerprint density at radius 3 is 2.42 bits per heavy atom. The summed E-state index contributed by atoms with van der Waals surface area (Å²) in [5, 5.41) is 3.30. The zero-order chi connectivity index (χ0) is 13.9. The second-order valence-electron chi connectivity index (χ2n) is 4.89. The zero-order valence-corrected chi connectivity index (χ0v) is 12.2. The first-order chi connectivity index (χ1) is 9.27. The lowest BCUT2D eigenvalue weighted by molar-refractivity contribution is 0.413. The largest absolute Gasteiger partial charge is 0.494 e. The van der Waals surface area contributed by atoms with E-state index in [-0.39, 0.29) is 5.82 Å². The molecule has 0 atom stereocenters. The Labute approximate surface area is 116 Å². The molecule has 19 heavy (non-hydrogen) atoms. The molecule has 0 fully saturated rings. The third kappa shape index (κ3) is 6.46. The minimum atomic E-state index is -0.265. The van der Waals surface area contributed by atoms with Crippen LogP contribution in [0.2, 0.25) is 0 Å². The third-order valence-electron chi connectivity index (χ3n) is 3.26. The minimum Gasteiger partial charge on any atom is -0.494 e. The Morgan fingerprint density at radius 1 is 1.05 bits per heavy atom. The van der Waals surface area contributed by atoms with Crippen molar-refractivity contribution in [2.45, 2.75) is 51.9 Å². The highest BCUT2D eigenvalue weighted by molar-refractivity contribution is 5.56. The molecule has 1 aromatic carbocycles. The summed E-state index contributed by atoms with van der Waals surface area (Å²) >= 11 is 0. The number of ether oxygens (including phenoxy) is 1. The predicted octanol–water partition coefficient (Wildman–Crippen LogP) is 5.00. The third-order valence-corrected chi connectivity index (χ3v) is 3.26. The Balaban J connectivity index is 2.15. The van der Waals surface area contributed by atoms with Crippen LogP contribution in [0, 0.1) is 5.82 Å². The van der Waals surface area contributed by atoms with Crippen molar-refractivity contribution in [3.8, 4) is 5.75 Å². The molecule has 1 N–H and O–H groups in total. The topological polar surface area (TPSA) is 21.3 Å². The second kappa shape index (κ2) is 9.65. The van der Waals surface area contributed by atoms with Crippen LogP contribution in [-0.4, -0.2) is 13.7 Å². The van der Waals surface area contributed by atoms with Crippen LogP contribution < -0.4 is 10.1 Å². The molecule has 0 spiro atoms. The normalized spacial score (nSPS) is 10.5. The van der Waals surface area contributed by atoms with E-state index in [4.69, 9.17) is 4.74 Å². The molecule has 0 aliphatic heterocycles. The van der Waals surface area contributed by atoms with Gasteiger partial charge in [0.25, 0.3) is 0 Å². The summed E-state index contributed by atoms with van der Waals surface area (Å²) in [7, 11) is 1.56. The van der Waals surface area contributed by atoms with Crippen molar-refractivity contribution in [1.29, 1.82) is 0 Å². The summed E-state index contributed by atoms with van der Waals surface area (Å²) in [5.41, 5.74) is 0.870. The number of hydrogen-bond donors (Lipinski definition) is 1. The van der Waals surface area contributed by atoms with Crippen LogP contribution in [0.25, 0.3) is 0 Å². The lowest BCUT2D eigenvalue weighted by atomic mass is 10.1. The van der Waals surface area contributed by atoms with Crippen LogP contribution in [0.5, 0.6) is 5.75 Å². The van der Waals surface area contributed by atoms with Crippen LogP contribution >= 0.6 is 0 Å². The maximum Gasteiger partial charge on any atom is 0.144 e. The van der Waals surface area contributed by atoms with Crippen molar-refractivity contribution in [2.75, 3.05) is 19.0 Å². The van der Waals surface area contributed by atoms with Gasteiger partial charge in [-0.2, -0.15) is 0 Å². The molecule has 0 radical (unpaired) electrons. The summed E-state index contributed by atoms with van der Waals surface area (Å²) in [5.74, 6) is 0.307. The fourth-order valence-corrected chi connectivity index (χ4v) is 2.12. The van der Waals surface area contributed by atoms with Crippen molar-refractivity contribution >= 4 is 5.69 Å². The molecular weight excluding hydrogens is 241 g/mol. The van der Waals surface area contributed by atoms with Crippen molar-refractivity contribution in [3.05, 3.63) is 24.0 Å². The van der Waals surface area contributed by atoms with E-state index in [2.05, 4.69) is 12.2 Å². The molecule has 0 bridgehead atoms. The monoisotopic (exact) mass is 267 g/mol. The van der Waals surface area contributed by atoms with Gasteiger partial charge in [0.2, 0.25) is 0 Å². The van der Waals surface area contributed by atoms with E-state index in [0.717, 1.165) is 18.7 Å². The van der Waals surface area contributed by atoms with Gasteiger partial charge in [0.1, 0.15) is 11.6 Å². The van der Waals surface area contributed by atoms with E-state index < -0.39 is 0 Å². The van der Waals surface area contributed by atoms with Crippen molar-refractivity contribution < 1.29 is 9.13 Å². The lowest BCUT2D eigenvalue weighted by Gasteiger charge is -2.11. The first kappa shape index (κ1) is 15.8. The lowest BCUT2D eigenvalue weighted by Crippen LogP contribution is -2.03. The summed E-state index contributed by atoms with van der Waals surface area (Å²) < 4.78 is 18.2. The first-order valence-electron chi connectivity index (χ1n) is 7.35. The van der Waals surface area contributed by atoms with E-state index in [0.29, 0.717) is 5.75 Å². The molecule has 0 aliphatic carbocycles. The summed E-state index contributed by atoms with van der Waals surface area (Å²) in [6.45, 7) is 3.15. The van der Waals surface area contributed by atoms with Gasteiger partial charge in [-0.05, 0) is 18.6 Å². The van der Waals surface area contributed by atoms with Crippen molar-refractivity contribution in [2.24, 2.45) is 0 Å². The zero-order valence-electron chi connectivity index (χ0n) is 12.2. The van der Waals surface area contributed by atoms with Gasteiger partial charge in [0, 0.05) is 12.6 Å². The highest BCUT2D eigenvalue weighted by Gasteiger charge is 2.03. The van der Waals surface area contributed by atoms with Gasteiger partial charge in [0.05, 0.1) is 12.8 Å². The SMILES string of the molecule is CCCCCCCCCNc1ccc(F)cc1OC. The van der Waals surface area contributed by atoms with Gasteiger partial charge in [-0.3, -0.25) is 0 Å². The Morgan fingerprint density at radius 2 is 1.74 bits per heavy atom. The number of anilines is 1. The molecule has 0 heterocycles. The van der Waals surface area contributed by atoms with Gasteiger partial charge in [-0.15, -0.1) is 0 Å². The Bertz CT molecular complexity index is 355. The number of hydrogen-bond acceptors (Lipinski definition) is 2. The smallest absolute Gasteiger partial charge is 0.144 e. The van der Waals surface area contributed by atoms with Crippen LogP contribution in [0.3, 0.4) is 0 Å². The minimum absolute atomic E-state index is 0.265. The Kier molecular flexibility index (Phi) is 8.03. The molecule has 0 unspecified atom stereocenters. The van der Waals surface area contributed by atoms with Crippen molar-refractivity contribution in [1.82, 2.24) is 0 Å². The van der Waals surface area contributed by atoms with Crippen LogP contribution in [-0.2, 0) is 0 Å². The van der Waals surface area contributed by atoms with Crippen LogP contribution in [0.15, 0.2) is 18.2 Å². The Hall–Kier alpha value is -1.25. The number of nitrogens with one attached hydrogen (secondary N) is 1. The molecule has 0 aromatic heterocycles. The molecule has 1 rings (SSSR count). The molecule has 2 nitrogen and oxygen atoms in total.